The Morgan fingerprint density at radius 1 is 1.26 bits per heavy atom. The van der Waals surface area contributed by atoms with E-state index in [0.29, 0.717) is 6.04 Å². The maximum atomic E-state index is 5.27. The highest BCUT2D eigenvalue weighted by molar-refractivity contribution is 7.09. The first kappa shape index (κ1) is 14.0. The van der Waals surface area contributed by atoms with E-state index in [4.69, 9.17) is 4.74 Å². The predicted molar refractivity (Wildman–Crippen MR) is 79.8 cm³/mol. The van der Waals surface area contributed by atoms with E-state index in [1.165, 1.54) is 10.4 Å². The van der Waals surface area contributed by atoms with Gasteiger partial charge in [0.2, 0.25) is 0 Å². The Balaban J connectivity index is 2.08. The van der Waals surface area contributed by atoms with Gasteiger partial charge in [0, 0.05) is 17.0 Å². The first-order valence-corrected chi connectivity index (χ1v) is 7.29. The first-order chi connectivity index (χ1) is 9.11. The Kier molecular flexibility index (Phi) is 4.56. The number of methoxy groups -OCH3 is 1. The van der Waals surface area contributed by atoms with Crippen molar-refractivity contribution in [1.29, 1.82) is 0 Å². The van der Waals surface area contributed by atoms with Crippen LogP contribution < -0.4 is 10.1 Å². The average Bonchev–Trinajstić information content (AvgIpc) is 2.85. The molecule has 0 aliphatic heterocycles. The molecule has 1 aromatic carbocycles. The van der Waals surface area contributed by atoms with Gasteiger partial charge >= 0.3 is 0 Å². The topological polar surface area (TPSA) is 34.1 Å². The van der Waals surface area contributed by atoms with Crippen LogP contribution >= 0.6 is 11.3 Å². The van der Waals surface area contributed by atoms with Crippen molar-refractivity contribution >= 4 is 11.3 Å². The number of benzene rings is 1. The van der Waals surface area contributed by atoms with E-state index in [1.807, 2.05) is 17.6 Å². The fourth-order valence-corrected chi connectivity index (χ4v) is 3.00. The summed E-state index contributed by atoms with van der Waals surface area (Å²) >= 11 is 1.70. The number of ether oxygens (including phenoxy) is 1. The zero-order valence-electron chi connectivity index (χ0n) is 11.8. The summed E-state index contributed by atoms with van der Waals surface area (Å²) in [6, 6.07) is 8.75. The van der Waals surface area contributed by atoms with Crippen LogP contribution in [-0.4, -0.2) is 12.1 Å². The fraction of sp³-hybridized carbons (Fsp3) is 0.400. The van der Waals surface area contributed by atoms with Crippen LogP contribution in [0.3, 0.4) is 0 Å². The van der Waals surface area contributed by atoms with Gasteiger partial charge in [-0.25, -0.2) is 4.98 Å². The molecule has 0 radical (unpaired) electrons. The Morgan fingerprint density at radius 2 is 2.05 bits per heavy atom. The largest absolute Gasteiger partial charge is 0.497 e. The van der Waals surface area contributed by atoms with Gasteiger partial charge in [-0.15, -0.1) is 11.3 Å². The summed E-state index contributed by atoms with van der Waals surface area (Å²) in [5.41, 5.74) is 4.25. The van der Waals surface area contributed by atoms with Gasteiger partial charge in [0.1, 0.15) is 5.75 Å². The number of hydrogen-bond donors (Lipinski definition) is 1. The molecule has 4 heteroatoms. The number of nitrogens with one attached hydrogen (secondary N) is 1. The van der Waals surface area contributed by atoms with Crippen LogP contribution in [0.1, 0.15) is 42.1 Å². The maximum absolute atomic E-state index is 5.27. The summed E-state index contributed by atoms with van der Waals surface area (Å²) in [4.78, 5) is 5.60. The van der Waals surface area contributed by atoms with Crippen molar-refractivity contribution in [3.05, 3.63) is 45.9 Å². The molecule has 0 bridgehead atoms. The summed E-state index contributed by atoms with van der Waals surface area (Å²) in [7, 11) is 1.69. The van der Waals surface area contributed by atoms with E-state index in [1.54, 1.807) is 18.4 Å². The van der Waals surface area contributed by atoms with Gasteiger partial charge in [-0.05, 0) is 38.5 Å². The minimum absolute atomic E-state index is 0.270. The van der Waals surface area contributed by atoms with Gasteiger partial charge in [-0.1, -0.05) is 12.1 Å². The molecule has 0 saturated heterocycles. The van der Waals surface area contributed by atoms with Crippen LogP contribution in [0.2, 0.25) is 0 Å². The van der Waals surface area contributed by atoms with Crippen LogP contribution in [0.5, 0.6) is 5.75 Å². The molecule has 0 saturated carbocycles. The third-order valence-electron chi connectivity index (χ3n) is 3.27. The molecular formula is C15H20N2OS. The monoisotopic (exact) mass is 276 g/mol. The molecule has 2 atom stereocenters. The summed E-state index contributed by atoms with van der Waals surface area (Å²) in [6.07, 6.45) is 0. The summed E-state index contributed by atoms with van der Waals surface area (Å²) in [5.74, 6) is 0.896. The van der Waals surface area contributed by atoms with E-state index in [0.717, 1.165) is 11.4 Å². The molecule has 1 N–H and O–H groups in total. The van der Waals surface area contributed by atoms with Crippen LogP contribution in [-0.2, 0) is 0 Å². The SMILES string of the molecule is COc1cccc(C(C)NC(C)c2scnc2C)c1. The third kappa shape index (κ3) is 3.33. The van der Waals surface area contributed by atoms with Crippen molar-refractivity contribution in [3.63, 3.8) is 0 Å². The smallest absolute Gasteiger partial charge is 0.119 e. The van der Waals surface area contributed by atoms with Crippen molar-refractivity contribution in [1.82, 2.24) is 10.3 Å². The highest BCUT2D eigenvalue weighted by Gasteiger charge is 2.14. The van der Waals surface area contributed by atoms with Crippen LogP contribution in [0.4, 0.5) is 0 Å². The first-order valence-electron chi connectivity index (χ1n) is 6.41. The van der Waals surface area contributed by atoms with E-state index in [9.17, 15) is 0 Å². The van der Waals surface area contributed by atoms with Crippen LogP contribution in [0.25, 0.3) is 0 Å². The van der Waals surface area contributed by atoms with E-state index < -0.39 is 0 Å². The normalized spacial score (nSPS) is 14.1. The number of aryl methyl sites for hydroxylation is 1. The molecule has 2 rings (SSSR count). The second kappa shape index (κ2) is 6.17. The molecule has 1 aromatic heterocycles. The standard InChI is InChI=1S/C15H20N2OS/c1-10(13-6-5-7-14(8-13)18-4)17-12(3)15-11(2)16-9-19-15/h5-10,12,17H,1-4H3. The molecule has 2 aromatic rings. The number of rotatable bonds is 5. The van der Waals surface area contributed by atoms with E-state index >= 15 is 0 Å². The zero-order chi connectivity index (χ0) is 13.8. The maximum Gasteiger partial charge on any atom is 0.119 e. The molecule has 102 valence electrons. The van der Waals surface area contributed by atoms with Crippen molar-refractivity contribution in [3.8, 4) is 5.75 Å². The van der Waals surface area contributed by atoms with Gasteiger partial charge in [0.25, 0.3) is 0 Å². The number of nitrogens with zero attached hydrogens (tertiary/aromatic N) is 1. The zero-order valence-corrected chi connectivity index (χ0v) is 12.6. The summed E-state index contributed by atoms with van der Waals surface area (Å²) < 4.78 is 5.27. The van der Waals surface area contributed by atoms with Crippen LogP contribution in [0.15, 0.2) is 29.8 Å². The van der Waals surface area contributed by atoms with Crippen molar-refractivity contribution in [2.24, 2.45) is 0 Å². The van der Waals surface area contributed by atoms with E-state index in [2.05, 4.69) is 43.2 Å². The second-order valence-corrected chi connectivity index (χ2v) is 5.58. The molecule has 0 aliphatic rings. The Hall–Kier alpha value is -1.39. The van der Waals surface area contributed by atoms with Crippen molar-refractivity contribution in [2.45, 2.75) is 32.9 Å². The molecule has 0 fully saturated rings. The van der Waals surface area contributed by atoms with Gasteiger partial charge in [-0.2, -0.15) is 0 Å². The number of hydrogen-bond acceptors (Lipinski definition) is 4. The number of thiazole rings is 1. The Labute approximate surface area is 118 Å². The highest BCUT2D eigenvalue weighted by atomic mass is 32.1. The lowest BCUT2D eigenvalue weighted by atomic mass is 10.1. The molecule has 0 amide bonds. The van der Waals surface area contributed by atoms with Crippen LogP contribution in [0, 0.1) is 6.92 Å². The molecular weight excluding hydrogens is 256 g/mol. The Morgan fingerprint density at radius 3 is 2.68 bits per heavy atom. The molecule has 19 heavy (non-hydrogen) atoms. The van der Waals surface area contributed by atoms with Crippen molar-refractivity contribution in [2.75, 3.05) is 7.11 Å². The molecule has 3 nitrogen and oxygen atoms in total. The second-order valence-electron chi connectivity index (χ2n) is 4.69. The minimum atomic E-state index is 0.270. The van der Waals surface area contributed by atoms with Gasteiger partial charge < -0.3 is 10.1 Å². The Bertz CT molecular complexity index is 538. The van der Waals surface area contributed by atoms with Gasteiger partial charge in [-0.3, -0.25) is 0 Å². The third-order valence-corrected chi connectivity index (χ3v) is 4.38. The van der Waals surface area contributed by atoms with Crippen molar-refractivity contribution < 1.29 is 4.74 Å². The van der Waals surface area contributed by atoms with Gasteiger partial charge in [0.15, 0.2) is 0 Å². The molecule has 0 spiro atoms. The quantitative estimate of drug-likeness (QED) is 0.900. The average molecular weight is 276 g/mol. The lowest BCUT2D eigenvalue weighted by Gasteiger charge is -2.20. The number of aromatic nitrogens is 1. The highest BCUT2D eigenvalue weighted by Crippen LogP contribution is 2.25. The lowest BCUT2D eigenvalue weighted by molar-refractivity contribution is 0.412. The van der Waals surface area contributed by atoms with Gasteiger partial charge in [0.05, 0.1) is 18.3 Å². The fourth-order valence-electron chi connectivity index (χ4n) is 2.18. The predicted octanol–water partition coefficient (Wildman–Crippen LogP) is 3.87. The summed E-state index contributed by atoms with van der Waals surface area (Å²) in [6.45, 7) is 6.40. The van der Waals surface area contributed by atoms with E-state index in [-0.39, 0.29) is 6.04 Å². The molecule has 1 heterocycles. The minimum Gasteiger partial charge on any atom is -0.497 e. The summed E-state index contributed by atoms with van der Waals surface area (Å²) in [5, 5.41) is 3.61. The lowest BCUT2D eigenvalue weighted by Crippen LogP contribution is -2.22. The molecule has 0 aliphatic carbocycles. The molecule has 2 unspecified atom stereocenters.